The second-order valence-corrected chi connectivity index (χ2v) is 5.37. The molecule has 1 fully saturated rings. The lowest BCUT2D eigenvalue weighted by molar-refractivity contribution is 0.504. The predicted octanol–water partition coefficient (Wildman–Crippen LogP) is 3.61. The van der Waals surface area contributed by atoms with Gasteiger partial charge in [0, 0.05) is 23.5 Å². The highest BCUT2D eigenvalue weighted by Gasteiger charge is 2.22. The van der Waals surface area contributed by atoms with Gasteiger partial charge in [0.05, 0.1) is 5.52 Å². The third kappa shape index (κ3) is 2.25. The first-order valence-corrected chi connectivity index (χ1v) is 6.95. The Morgan fingerprint density at radius 1 is 1.06 bits per heavy atom. The van der Waals surface area contributed by atoms with Crippen LogP contribution >= 0.6 is 0 Å². The highest BCUT2D eigenvalue weighted by atomic mass is 14.7. The summed E-state index contributed by atoms with van der Waals surface area (Å²) in [6, 6.07) is 10.9. The van der Waals surface area contributed by atoms with Crippen LogP contribution in [0.3, 0.4) is 0 Å². The van der Waals surface area contributed by atoms with Crippen LogP contribution in [0.4, 0.5) is 0 Å². The summed E-state index contributed by atoms with van der Waals surface area (Å²) >= 11 is 0. The summed E-state index contributed by atoms with van der Waals surface area (Å²) < 4.78 is 0. The number of pyridine rings is 1. The van der Waals surface area contributed by atoms with Gasteiger partial charge in [-0.2, -0.15) is 0 Å². The number of aromatic nitrogens is 1. The zero-order valence-electron chi connectivity index (χ0n) is 10.7. The van der Waals surface area contributed by atoms with Gasteiger partial charge in [0.1, 0.15) is 0 Å². The first-order chi connectivity index (χ1) is 8.84. The second-order valence-electron chi connectivity index (χ2n) is 5.37. The molecule has 1 saturated carbocycles. The molecule has 1 aromatic heterocycles. The maximum Gasteiger partial charge on any atom is 0.0702 e. The van der Waals surface area contributed by atoms with E-state index in [2.05, 4.69) is 29.2 Å². The Labute approximate surface area is 108 Å². The van der Waals surface area contributed by atoms with E-state index in [9.17, 15) is 0 Å². The SMILES string of the molecule is NC1CCCCCC1c1cnc2ccccc2c1. The molecule has 0 aliphatic heterocycles. The fourth-order valence-electron chi connectivity index (χ4n) is 3.04. The van der Waals surface area contributed by atoms with Crippen molar-refractivity contribution in [2.75, 3.05) is 0 Å². The minimum atomic E-state index is 0.301. The van der Waals surface area contributed by atoms with E-state index in [-0.39, 0.29) is 0 Å². The van der Waals surface area contributed by atoms with Crippen LogP contribution in [0.1, 0.15) is 43.6 Å². The predicted molar refractivity (Wildman–Crippen MR) is 75.5 cm³/mol. The summed E-state index contributed by atoms with van der Waals surface area (Å²) in [4.78, 5) is 4.57. The van der Waals surface area contributed by atoms with Crippen LogP contribution in [0.5, 0.6) is 0 Å². The molecule has 1 heterocycles. The van der Waals surface area contributed by atoms with Crippen molar-refractivity contribution in [3.8, 4) is 0 Å². The van der Waals surface area contributed by atoms with Crippen molar-refractivity contribution >= 4 is 10.9 Å². The van der Waals surface area contributed by atoms with Crippen molar-refractivity contribution in [1.29, 1.82) is 0 Å². The van der Waals surface area contributed by atoms with E-state index in [1.165, 1.54) is 36.6 Å². The summed E-state index contributed by atoms with van der Waals surface area (Å²) in [7, 11) is 0. The van der Waals surface area contributed by atoms with Crippen molar-refractivity contribution in [2.24, 2.45) is 5.73 Å². The van der Waals surface area contributed by atoms with Gasteiger partial charge in [-0.1, -0.05) is 37.5 Å². The molecule has 0 saturated heterocycles. The normalized spacial score (nSPS) is 24.9. The molecule has 0 bridgehead atoms. The zero-order valence-corrected chi connectivity index (χ0v) is 10.7. The summed E-state index contributed by atoms with van der Waals surface area (Å²) in [5.74, 6) is 0.490. The lowest BCUT2D eigenvalue weighted by Crippen LogP contribution is -2.27. The standard InChI is InChI=1S/C16H20N2/c17-15-8-3-1-2-7-14(15)13-10-12-6-4-5-9-16(12)18-11-13/h4-6,9-11,14-15H,1-3,7-8,17H2. The number of para-hydroxylation sites is 1. The molecule has 1 aromatic carbocycles. The summed E-state index contributed by atoms with van der Waals surface area (Å²) in [5, 5.41) is 1.23. The number of hydrogen-bond acceptors (Lipinski definition) is 2. The number of nitrogens with zero attached hydrogens (tertiary/aromatic N) is 1. The highest BCUT2D eigenvalue weighted by molar-refractivity contribution is 5.78. The number of nitrogens with two attached hydrogens (primary N) is 1. The molecular weight excluding hydrogens is 220 g/mol. The molecular formula is C16H20N2. The van der Waals surface area contributed by atoms with Gasteiger partial charge in [-0.05, 0) is 30.5 Å². The fraction of sp³-hybridized carbons (Fsp3) is 0.438. The minimum absolute atomic E-state index is 0.301. The molecule has 2 nitrogen and oxygen atoms in total. The van der Waals surface area contributed by atoms with E-state index in [0.717, 1.165) is 11.9 Å². The quantitative estimate of drug-likeness (QED) is 0.773. The molecule has 0 radical (unpaired) electrons. The number of hydrogen-bond donors (Lipinski definition) is 1. The van der Waals surface area contributed by atoms with Crippen LogP contribution in [0, 0.1) is 0 Å². The van der Waals surface area contributed by atoms with Crippen molar-refractivity contribution in [3.63, 3.8) is 0 Å². The van der Waals surface area contributed by atoms with Gasteiger partial charge < -0.3 is 5.73 Å². The maximum atomic E-state index is 6.33. The number of fused-ring (bicyclic) bond motifs is 1. The van der Waals surface area contributed by atoms with E-state index in [1.807, 2.05) is 12.3 Å². The summed E-state index contributed by atoms with van der Waals surface area (Å²) in [5.41, 5.74) is 8.72. The Morgan fingerprint density at radius 3 is 2.83 bits per heavy atom. The third-order valence-electron chi connectivity index (χ3n) is 4.11. The summed E-state index contributed by atoms with van der Waals surface area (Å²) in [6.07, 6.45) is 8.28. The van der Waals surface area contributed by atoms with E-state index < -0.39 is 0 Å². The molecule has 2 atom stereocenters. The molecule has 2 N–H and O–H groups in total. The molecule has 2 heteroatoms. The number of benzene rings is 1. The van der Waals surface area contributed by atoms with E-state index in [4.69, 9.17) is 5.73 Å². The molecule has 2 unspecified atom stereocenters. The van der Waals surface area contributed by atoms with E-state index >= 15 is 0 Å². The van der Waals surface area contributed by atoms with Gasteiger partial charge >= 0.3 is 0 Å². The zero-order chi connectivity index (χ0) is 12.4. The Hall–Kier alpha value is -1.41. The first-order valence-electron chi connectivity index (χ1n) is 6.95. The van der Waals surface area contributed by atoms with Crippen molar-refractivity contribution in [3.05, 3.63) is 42.1 Å². The third-order valence-corrected chi connectivity index (χ3v) is 4.11. The van der Waals surface area contributed by atoms with Crippen LogP contribution in [0.15, 0.2) is 36.5 Å². The van der Waals surface area contributed by atoms with Gasteiger partial charge in [-0.15, -0.1) is 0 Å². The molecule has 2 aromatic rings. The average Bonchev–Trinajstić information content (AvgIpc) is 2.63. The van der Waals surface area contributed by atoms with Crippen molar-refractivity contribution in [1.82, 2.24) is 4.98 Å². The van der Waals surface area contributed by atoms with E-state index in [0.29, 0.717) is 12.0 Å². The Morgan fingerprint density at radius 2 is 1.89 bits per heavy atom. The van der Waals surface area contributed by atoms with Crippen molar-refractivity contribution in [2.45, 2.75) is 44.1 Å². The van der Waals surface area contributed by atoms with Crippen LogP contribution in [0.2, 0.25) is 0 Å². The second kappa shape index (κ2) is 5.07. The monoisotopic (exact) mass is 240 g/mol. The Balaban J connectivity index is 1.97. The maximum absolute atomic E-state index is 6.33. The van der Waals surface area contributed by atoms with Gasteiger partial charge in [0.25, 0.3) is 0 Å². The molecule has 18 heavy (non-hydrogen) atoms. The highest BCUT2D eigenvalue weighted by Crippen LogP contribution is 2.31. The lowest BCUT2D eigenvalue weighted by atomic mass is 9.88. The van der Waals surface area contributed by atoms with E-state index in [1.54, 1.807) is 0 Å². The van der Waals surface area contributed by atoms with Gasteiger partial charge in [0.2, 0.25) is 0 Å². The molecule has 3 rings (SSSR count). The molecule has 1 aliphatic rings. The smallest absolute Gasteiger partial charge is 0.0702 e. The van der Waals surface area contributed by atoms with Crippen LogP contribution in [-0.2, 0) is 0 Å². The lowest BCUT2D eigenvalue weighted by Gasteiger charge is -2.21. The fourth-order valence-corrected chi connectivity index (χ4v) is 3.04. The Kier molecular flexibility index (Phi) is 3.28. The van der Waals surface area contributed by atoms with Crippen LogP contribution < -0.4 is 5.73 Å². The topological polar surface area (TPSA) is 38.9 Å². The Bertz CT molecular complexity index is 535. The molecule has 0 spiro atoms. The van der Waals surface area contributed by atoms with Crippen LogP contribution in [0.25, 0.3) is 10.9 Å². The summed E-state index contributed by atoms with van der Waals surface area (Å²) in [6.45, 7) is 0. The van der Waals surface area contributed by atoms with Crippen LogP contribution in [-0.4, -0.2) is 11.0 Å². The first kappa shape index (κ1) is 11.7. The average molecular weight is 240 g/mol. The number of rotatable bonds is 1. The molecule has 1 aliphatic carbocycles. The molecule has 94 valence electrons. The molecule has 0 amide bonds. The minimum Gasteiger partial charge on any atom is -0.327 e. The largest absolute Gasteiger partial charge is 0.327 e. The van der Waals surface area contributed by atoms with Gasteiger partial charge in [-0.25, -0.2) is 0 Å². The van der Waals surface area contributed by atoms with Crippen molar-refractivity contribution < 1.29 is 0 Å². The van der Waals surface area contributed by atoms with Gasteiger partial charge in [0.15, 0.2) is 0 Å². The van der Waals surface area contributed by atoms with Gasteiger partial charge in [-0.3, -0.25) is 4.98 Å².